The van der Waals surface area contributed by atoms with Crippen LogP contribution in [-0.2, 0) is 4.43 Å². The second-order valence-electron chi connectivity index (χ2n) is 6.71. The van der Waals surface area contributed by atoms with Gasteiger partial charge in [0.15, 0.2) is 25.8 Å². The average Bonchev–Trinajstić information content (AvgIpc) is 2.33. The van der Waals surface area contributed by atoms with Gasteiger partial charge in [0.25, 0.3) is 0 Å². The minimum Gasteiger partial charge on any atom is -0.417 e. The van der Waals surface area contributed by atoms with Crippen molar-refractivity contribution in [3.05, 3.63) is 35.1 Å². The van der Waals surface area contributed by atoms with Gasteiger partial charge in [0.2, 0.25) is 0 Å². The highest BCUT2D eigenvalue weighted by molar-refractivity contribution is 6.74. The Morgan fingerprint density at radius 1 is 1.14 bits per heavy atom. The van der Waals surface area contributed by atoms with Crippen molar-refractivity contribution in [3.8, 4) is 0 Å². The molecule has 1 rings (SSSR count). The van der Waals surface area contributed by atoms with E-state index in [1.807, 2.05) is 0 Å². The quantitative estimate of drug-likeness (QED) is 0.637. The summed E-state index contributed by atoms with van der Waals surface area (Å²) in [4.78, 5) is 0. The summed E-state index contributed by atoms with van der Waals surface area (Å²) in [6, 6.07) is 1.63. The van der Waals surface area contributed by atoms with Gasteiger partial charge >= 0.3 is 0 Å². The molecule has 1 unspecified atom stereocenters. The van der Waals surface area contributed by atoms with Crippen LogP contribution in [0.25, 0.3) is 0 Å². The number of halogens is 3. The van der Waals surface area contributed by atoms with E-state index in [-0.39, 0.29) is 23.6 Å². The van der Waals surface area contributed by atoms with Crippen molar-refractivity contribution in [3.63, 3.8) is 0 Å². The molecular formula is C15H23F3O2Si. The van der Waals surface area contributed by atoms with E-state index in [0.717, 1.165) is 12.1 Å². The molecule has 0 fully saturated rings. The lowest BCUT2D eigenvalue weighted by Crippen LogP contribution is -2.41. The van der Waals surface area contributed by atoms with E-state index in [0.29, 0.717) is 0 Å². The van der Waals surface area contributed by atoms with Gasteiger partial charge in [-0.25, -0.2) is 13.2 Å². The molecule has 0 aliphatic heterocycles. The molecule has 1 N–H and O–H groups in total. The van der Waals surface area contributed by atoms with Crippen molar-refractivity contribution in [2.75, 3.05) is 6.61 Å². The Morgan fingerprint density at radius 3 is 2.05 bits per heavy atom. The summed E-state index contributed by atoms with van der Waals surface area (Å²) in [7, 11) is -1.92. The van der Waals surface area contributed by atoms with E-state index in [1.54, 1.807) is 0 Å². The first-order valence-electron chi connectivity index (χ1n) is 6.92. The molecule has 0 radical (unpaired) electrons. The van der Waals surface area contributed by atoms with Crippen LogP contribution in [0, 0.1) is 17.5 Å². The highest BCUT2D eigenvalue weighted by Crippen LogP contribution is 2.36. The molecule has 0 spiro atoms. The Balaban J connectivity index is 2.65. The van der Waals surface area contributed by atoms with Crippen molar-refractivity contribution in [1.82, 2.24) is 0 Å². The van der Waals surface area contributed by atoms with Crippen molar-refractivity contribution in [2.45, 2.75) is 51.4 Å². The molecule has 6 heteroatoms. The van der Waals surface area contributed by atoms with Gasteiger partial charge in [-0.15, -0.1) is 0 Å². The first-order chi connectivity index (χ1) is 9.45. The molecule has 1 atom stereocenters. The molecule has 1 aromatic carbocycles. The Hall–Kier alpha value is -0.853. The van der Waals surface area contributed by atoms with Gasteiger partial charge in [-0.05, 0) is 42.2 Å². The van der Waals surface area contributed by atoms with Crippen LogP contribution in [-0.4, -0.2) is 20.0 Å². The molecule has 0 heterocycles. The third-order valence-electron chi connectivity index (χ3n) is 4.05. The third-order valence-corrected chi connectivity index (χ3v) is 8.59. The minimum atomic E-state index is -1.92. The van der Waals surface area contributed by atoms with Crippen LogP contribution in [0.2, 0.25) is 18.1 Å². The van der Waals surface area contributed by atoms with Crippen molar-refractivity contribution in [1.29, 1.82) is 0 Å². The number of hydrogen-bond acceptors (Lipinski definition) is 2. The summed E-state index contributed by atoms with van der Waals surface area (Å²) < 4.78 is 45.0. The highest BCUT2D eigenvalue weighted by Gasteiger charge is 2.37. The molecule has 0 bridgehead atoms. The molecule has 0 amide bonds. The van der Waals surface area contributed by atoms with E-state index in [2.05, 4.69) is 33.9 Å². The Labute approximate surface area is 125 Å². The fraction of sp³-hybridized carbons (Fsp3) is 0.600. The van der Waals surface area contributed by atoms with Crippen LogP contribution in [0.15, 0.2) is 12.1 Å². The van der Waals surface area contributed by atoms with Crippen LogP contribution in [0.1, 0.15) is 38.9 Å². The number of rotatable bonds is 5. The summed E-state index contributed by atoms with van der Waals surface area (Å²) in [5, 5.41) is 9.99. The summed E-state index contributed by atoms with van der Waals surface area (Å²) >= 11 is 0. The molecule has 0 saturated carbocycles. The van der Waals surface area contributed by atoms with Gasteiger partial charge in [0.1, 0.15) is 0 Å². The Bertz CT molecular complexity index is 475. The summed E-state index contributed by atoms with van der Waals surface area (Å²) in [5.41, 5.74) is 0.0187. The number of benzene rings is 1. The van der Waals surface area contributed by atoms with Crippen molar-refractivity contribution >= 4 is 8.32 Å². The SMILES string of the molecule is CC(C)(C)[Si](C)(C)OCCC(O)c1cc(F)c(F)c(F)c1. The van der Waals surface area contributed by atoms with E-state index in [4.69, 9.17) is 4.43 Å². The molecule has 2 nitrogen and oxygen atoms in total. The monoisotopic (exact) mass is 320 g/mol. The molecule has 0 aromatic heterocycles. The van der Waals surface area contributed by atoms with Crippen LogP contribution in [0.3, 0.4) is 0 Å². The Morgan fingerprint density at radius 2 is 1.62 bits per heavy atom. The minimum absolute atomic E-state index is 0.0187. The fourth-order valence-electron chi connectivity index (χ4n) is 1.58. The van der Waals surface area contributed by atoms with E-state index in [9.17, 15) is 18.3 Å². The molecule has 0 saturated heterocycles. The van der Waals surface area contributed by atoms with Gasteiger partial charge in [0.05, 0.1) is 6.10 Å². The lowest BCUT2D eigenvalue weighted by Gasteiger charge is -2.36. The van der Waals surface area contributed by atoms with Crippen LogP contribution in [0.5, 0.6) is 0 Å². The van der Waals surface area contributed by atoms with Crippen LogP contribution < -0.4 is 0 Å². The molecule has 0 aliphatic carbocycles. The predicted octanol–water partition coefficient (Wildman–Crippen LogP) is 4.55. The van der Waals surface area contributed by atoms with Crippen molar-refractivity contribution < 1.29 is 22.7 Å². The normalized spacial score (nSPS) is 14.3. The maximum atomic E-state index is 13.1. The number of aliphatic hydroxyl groups is 1. The second-order valence-corrected chi connectivity index (χ2v) is 11.5. The van der Waals surface area contributed by atoms with Gasteiger partial charge < -0.3 is 9.53 Å². The van der Waals surface area contributed by atoms with Gasteiger partial charge in [-0.1, -0.05) is 20.8 Å². The molecular weight excluding hydrogens is 297 g/mol. The van der Waals surface area contributed by atoms with Gasteiger partial charge in [-0.2, -0.15) is 0 Å². The zero-order valence-corrected chi connectivity index (χ0v) is 14.1. The predicted molar refractivity (Wildman–Crippen MR) is 79.0 cm³/mol. The van der Waals surface area contributed by atoms with Gasteiger partial charge in [-0.3, -0.25) is 0 Å². The second kappa shape index (κ2) is 6.50. The first kappa shape index (κ1) is 18.2. The lowest BCUT2D eigenvalue weighted by atomic mass is 10.1. The first-order valence-corrected chi connectivity index (χ1v) is 9.83. The smallest absolute Gasteiger partial charge is 0.194 e. The maximum absolute atomic E-state index is 13.1. The van der Waals surface area contributed by atoms with E-state index >= 15 is 0 Å². The summed E-state index contributed by atoms with van der Waals surface area (Å²) in [5.74, 6) is -4.12. The maximum Gasteiger partial charge on any atom is 0.194 e. The largest absolute Gasteiger partial charge is 0.417 e. The van der Waals surface area contributed by atoms with Crippen LogP contribution >= 0.6 is 0 Å². The highest BCUT2D eigenvalue weighted by atomic mass is 28.4. The zero-order valence-electron chi connectivity index (χ0n) is 13.1. The topological polar surface area (TPSA) is 29.5 Å². The Kier molecular flexibility index (Phi) is 5.63. The van der Waals surface area contributed by atoms with E-state index in [1.165, 1.54) is 0 Å². The van der Waals surface area contributed by atoms with E-state index < -0.39 is 31.9 Å². The standard InChI is InChI=1S/C15H23F3O2Si/c1-15(2,3)21(4,5)20-7-6-13(19)10-8-11(16)14(18)12(17)9-10/h8-9,13,19H,6-7H2,1-5H3. The zero-order chi connectivity index (χ0) is 16.4. The molecule has 1 aromatic rings. The molecule has 120 valence electrons. The summed E-state index contributed by atoms with van der Waals surface area (Å²) in [6.07, 6.45) is -0.879. The number of aliphatic hydroxyl groups excluding tert-OH is 1. The third kappa shape index (κ3) is 4.56. The summed E-state index contributed by atoms with van der Waals surface area (Å²) in [6.45, 7) is 10.7. The lowest BCUT2D eigenvalue weighted by molar-refractivity contribution is 0.135. The molecule has 21 heavy (non-hydrogen) atoms. The number of hydrogen-bond donors (Lipinski definition) is 1. The van der Waals surface area contributed by atoms with Gasteiger partial charge in [0, 0.05) is 6.61 Å². The van der Waals surface area contributed by atoms with Crippen molar-refractivity contribution in [2.24, 2.45) is 0 Å². The fourth-order valence-corrected chi connectivity index (χ4v) is 2.64. The molecule has 0 aliphatic rings. The van der Waals surface area contributed by atoms with Crippen LogP contribution in [0.4, 0.5) is 13.2 Å². The average molecular weight is 320 g/mol.